The van der Waals surface area contributed by atoms with Crippen LogP contribution < -0.4 is 10.6 Å². The lowest BCUT2D eigenvalue weighted by Crippen LogP contribution is -2.28. The third kappa shape index (κ3) is 3.69. The van der Waals surface area contributed by atoms with Crippen molar-refractivity contribution in [3.05, 3.63) is 11.6 Å². The summed E-state index contributed by atoms with van der Waals surface area (Å²) >= 11 is 1.63. The first-order valence-corrected chi connectivity index (χ1v) is 5.04. The summed E-state index contributed by atoms with van der Waals surface area (Å²) < 4.78 is 0. The van der Waals surface area contributed by atoms with E-state index in [0.717, 1.165) is 18.2 Å². The van der Waals surface area contributed by atoms with E-state index < -0.39 is 0 Å². The van der Waals surface area contributed by atoms with Gasteiger partial charge in [-0.3, -0.25) is 0 Å². The normalized spacial score (nSPS) is 10.6. The number of rotatable bonds is 5. The molecule has 1 rings (SSSR count). The van der Waals surface area contributed by atoms with Crippen molar-refractivity contribution in [2.45, 2.75) is 19.9 Å². The summed E-state index contributed by atoms with van der Waals surface area (Å²) in [5.74, 6) is 0. The Hall–Kier alpha value is -0.610. The van der Waals surface area contributed by atoms with Gasteiger partial charge in [0, 0.05) is 30.7 Å². The highest BCUT2D eigenvalue weighted by Gasteiger charge is 1.93. The topological polar surface area (TPSA) is 37.0 Å². The Bertz CT molecular complexity index is 196. The molecule has 4 heteroatoms. The number of hydrogen-bond acceptors (Lipinski definition) is 4. The number of hydrogen-bond donors (Lipinski definition) is 2. The monoisotopic (exact) mass is 185 g/mol. The van der Waals surface area contributed by atoms with Crippen LogP contribution in [0.15, 0.2) is 11.6 Å². The standard InChI is InChI=1S/C8H15N3S/c1-7(2)9-3-4-10-8-11-5-6-12-8/h5-7,9H,3-4H2,1-2H3,(H,10,11). The zero-order valence-corrected chi connectivity index (χ0v) is 8.32. The average molecular weight is 185 g/mol. The van der Waals surface area contributed by atoms with Crippen LogP contribution >= 0.6 is 11.3 Å². The third-order valence-electron chi connectivity index (χ3n) is 1.39. The molecule has 0 aliphatic carbocycles. The van der Waals surface area contributed by atoms with Crippen LogP contribution in [0, 0.1) is 0 Å². The van der Waals surface area contributed by atoms with Crippen molar-refractivity contribution >= 4 is 16.5 Å². The molecule has 0 saturated carbocycles. The fourth-order valence-electron chi connectivity index (χ4n) is 0.841. The minimum atomic E-state index is 0.558. The molecule has 12 heavy (non-hydrogen) atoms. The van der Waals surface area contributed by atoms with Crippen LogP contribution in [-0.2, 0) is 0 Å². The summed E-state index contributed by atoms with van der Waals surface area (Å²) in [6.45, 7) is 6.20. The highest BCUT2D eigenvalue weighted by atomic mass is 32.1. The van der Waals surface area contributed by atoms with Crippen molar-refractivity contribution in [1.82, 2.24) is 10.3 Å². The van der Waals surface area contributed by atoms with Crippen molar-refractivity contribution in [2.24, 2.45) is 0 Å². The van der Waals surface area contributed by atoms with Gasteiger partial charge in [-0.25, -0.2) is 4.98 Å². The molecule has 68 valence electrons. The predicted molar refractivity (Wildman–Crippen MR) is 53.7 cm³/mol. The van der Waals surface area contributed by atoms with E-state index in [1.54, 1.807) is 11.3 Å². The van der Waals surface area contributed by atoms with Crippen molar-refractivity contribution < 1.29 is 0 Å². The summed E-state index contributed by atoms with van der Waals surface area (Å²) in [5.41, 5.74) is 0. The first kappa shape index (κ1) is 9.48. The van der Waals surface area contributed by atoms with Gasteiger partial charge in [-0.05, 0) is 0 Å². The average Bonchev–Trinajstić information content (AvgIpc) is 2.49. The molecule has 0 saturated heterocycles. The molecule has 0 spiro atoms. The van der Waals surface area contributed by atoms with Crippen LogP contribution in [0.3, 0.4) is 0 Å². The third-order valence-corrected chi connectivity index (χ3v) is 2.12. The molecule has 2 N–H and O–H groups in total. The Morgan fingerprint density at radius 3 is 2.92 bits per heavy atom. The first-order chi connectivity index (χ1) is 5.79. The van der Waals surface area contributed by atoms with Gasteiger partial charge in [-0.2, -0.15) is 0 Å². The lowest BCUT2D eigenvalue weighted by atomic mass is 10.4. The number of nitrogens with zero attached hydrogens (tertiary/aromatic N) is 1. The Morgan fingerprint density at radius 2 is 2.33 bits per heavy atom. The van der Waals surface area contributed by atoms with Crippen molar-refractivity contribution in [3.8, 4) is 0 Å². The molecule has 3 nitrogen and oxygen atoms in total. The Balaban J connectivity index is 2.04. The van der Waals surface area contributed by atoms with Gasteiger partial charge in [0.15, 0.2) is 5.13 Å². The second-order valence-electron chi connectivity index (χ2n) is 2.87. The van der Waals surface area contributed by atoms with Gasteiger partial charge in [0.1, 0.15) is 0 Å². The Morgan fingerprint density at radius 1 is 1.50 bits per heavy atom. The smallest absolute Gasteiger partial charge is 0.182 e. The maximum Gasteiger partial charge on any atom is 0.182 e. The molecule has 0 fully saturated rings. The number of aromatic nitrogens is 1. The molecule has 0 amide bonds. The summed E-state index contributed by atoms with van der Waals surface area (Å²) in [6, 6.07) is 0.558. The predicted octanol–water partition coefficient (Wildman–Crippen LogP) is 1.55. The molecule has 0 aliphatic rings. The van der Waals surface area contributed by atoms with Gasteiger partial charge in [0.05, 0.1) is 0 Å². The van der Waals surface area contributed by atoms with Gasteiger partial charge in [-0.15, -0.1) is 11.3 Å². The highest BCUT2D eigenvalue weighted by Crippen LogP contribution is 2.08. The number of thiazole rings is 1. The maximum atomic E-state index is 4.11. The lowest BCUT2D eigenvalue weighted by Gasteiger charge is -2.07. The van der Waals surface area contributed by atoms with Crippen LogP contribution in [-0.4, -0.2) is 24.1 Å². The zero-order valence-electron chi connectivity index (χ0n) is 7.50. The molecule has 0 atom stereocenters. The Labute approximate surface area is 77.2 Å². The van der Waals surface area contributed by atoms with Crippen molar-refractivity contribution in [1.29, 1.82) is 0 Å². The fourth-order valence-corrected chi connectivity index (χ4v) is 1.40. The van der Waals surface area contributed by atoms with E-state index in [2.05, 4.69) is 29.5 Å². The minimum Gasteiger partial charge on any atom is -0.360 e. The summed E-state index contributed by atoms with van der Waals surface area (Å²) in [7, 11) is 0. The minimum absolute atomic E-state index is 0.558. The molecular formula is C8H15N3S. The quantitative estimate of drug-likeness (QED) is 0.683. The van der Waals surface area contributed by atoms with E-state index in [-0.39, 0.29) is 0 Å². The van der Waals surface area contributed by atoms with Crippen molar-refractivity contribution in [2.75, 3.05) is 18.4 Å². The molecule has 0 radical (unpaired) electrons. The van der Waals surface area contributed by atoms with Gasteiger partial charge in [-0.1, -0.05) is 13.8 Å². The van der Waals surface area contributed by atoms with Gasteiger partial charge in [0.2, 0.25) is 0 Å². The van der Waals surface area contributed by atoms with Crippen LogP contribution in [0.2, 0.25) is 0 Å². The second kappa shape index (κ2) is 5.11. The van der Waals surface area contributed by atoms with Crippen LogP contribution in [0.5, 0.6) is 0 Å². The van der Waals surface area contributed by atoms with E-state index in [4.69, 9.17) is 0 Å². The molecule has 0 aliphatic heterocycles. The number of nitrogens with one attached hydrogen (secondary N) is 2. The van der Waals surface area contributed by atoms with Gasteiger partial charge in [0.25, 0.3) is 0 Å². The summed E-state index contributed by atoms with van der Waals surface area (Å²) in [4.78, 5) is 4.11. The SMILES string of the molecule is CC(C)NCCNc1nccs1. The van der Waals surface area contributed by atoms with E-state index in [9.17, 15) is 0 Å². The van der Waals surface area contributed by atoms with Gasteiger partial charge < -0.3 is 10.6 Å². The second-order valence-corrected chi connectivity index (χ2v) is 3.77. The Kier molecular flexibility index (Phi) is 4.04. The maximum absolute atomic E-state index is 4.11. The molecule has 0 unspecified atom stereocenters. The summed E-state index contributed by atoms with van der Waals surface area (Å²) in [5, 5.41) is 9.52. The van der Waals surface area contributed by atoms with Crippen LogP contribution in [0.25, 0.3) is 0 Å². The first-order valence-electron chi connectivity index (χ1n) is 4.16. The molecule has 1 aromatic rings. The van der Waals surface area contributed by atoms with Gasteiger partial charge >= 0.3 is 0 Å². The van der Waals surface area contributed by atoms with Crippen LogP contribution in [0.1, 0.15) is 13.8 Å². The van der Waals surface area contributed by atoms with Crippen molar-refractivity contribution in [3.63, 3.8) is 0 Å². The molecule has 1 heterocycles. The van der Waals surface area contributed by atoms with Crippen LogP contribution in [0.4, 0.5) is 5.13 Å². The van der Waals surface area contributed by atoms with E-state index >= 15 is 0 Å². The highest BCUT2D eigenvalue weighted by molar-refractivity contribution is 7.13. The van der Waals surface area contributed by atoms with E-state index in [1.165, 1.54) is 0 Å². The van der Waals surface area contributed by atoms with E-state index in [0.29, 0.717) is 6.04 Å². The van der Waals surface area contributed by atoms with E-state index in [1.807, 2.05) is 11.6 Å². The molecule has 0 bridgehead atoms. The number of anilines is 1. The molecule has 1 aromatic heterocycles. The summed E-state index contributed by atoms with van der Waals surface area (Å²) in [6.07, 6.45) is 1.81. The lowest BCUT2D eigenvalue weighted by molar-refractivity contribution is 0.602. The largest absolute Gasteiger partial charge is 0.360 e. The zero-order chi connectivity index (χ0) is 8.81. The molecule has 0 aromatic carbocycles. The fraction of sp³-hybridized carbons (Fsp3) is 0.625. The molecular weight excluding hydrogens is 170 g/mol.